The maximum atomic E-state index is 11.6. The summed E-state index contributed by atoms with van der Waals surface area (Å²) in [5.74, 6) is 0.0224. The topological polar surface area (TPSA) is 61.4 Å². The smallest absolute Gasteiger partial charge is 0.221 e. The van der Waals surface area contributed by atoms with Gasteiger partial charge in [0.05, 0.1) is 5.60 Å². The van der Waals surface area contributed by atoms with Gasteiger partial charge in [-0.1, -0.05) is 20.8 Å². The number of amides is 1. The quantitative estimate of drug-likeness (QED) is 0.630. The van der Waals surface area contributed by atoms with E-state index in [1.807, 2.05) is 6.92 Å². The molecule has 1 rings (SSSR count). The molecule has 0 saturated heterocycles. The normalized spacial score (nSPS) is 21.6. The zero-order valence-electron chi connectivity index (χ0n) is 12.0. The molecule has 18 heavy (non-hydrogen) atoms. The minimum absolute atomic E-state index is 0.0224. The van der Waals surface area contributed by atoms with Crippen LogP contribution in [0, 0.1) is 5.41 Å². The highest BCUT2D eigenvalue weighted by atomic mass is 16.3. The van der Waals surface area contributed by atoms with Crippen molar-refractivity contribution in [2.45, 2.75) is 58.5 Å². The molecular weight excluding hydrogens is 228 g/mol. The van der Waals surface area contributed by atoms with E-state index in [9.17, 15) is 9.90 Å². The summed E-state index contributed by atoms with van der Waals surface area (Å²) in [6.07, 6.45) is 4.10. The second-order valence-electron chi connectivity index (χ2n) is 6.27. The van der Waals surface area contributed by atoms with Crippen LogP contribution in [0.3, 0.4) is 0 Å². The van der Waals surface area contributed by atoms with E-state index >= 15 is 0 Å². The Bertz CT molecular complexity index is 267. The van der Waals surface area contributed by atoms with E-state index in [4.69, 9.17) is 0 Å². The molecule has 0 aliphatic heterocycles. The van der Waals surface area contributed by atoms with Gasteiger partial charge in [-0.25, -0.2) is 0 Å². The van der Waals surface area contributed by atoms with E-state index in [0.717, 1.165) is 32.2 Å². The van der Waals surface area contributed by atoms with Crippen LogP contribution in [-0.2, 0) is 4.79 Å². The molecule has 4 nitrogen and oxygen atoms in total. The van der Waals surface area contributed by atoms with Crippen LogP contribution in [0.5, 0.6) is 0 Å². The van der Waals surface area contributed by atoms with Crippen molar-refractivity contribution in [1.82, 2.24) is 10.6 Å². The van der Waals surface area contributed by atoms with Gasteiger partial charge in [-0.05, 0) is 37.6 Å². The Hall–Kier alpha value is -0.610. The Morgan fingerprint density at radius 2 is 1.83 bits per heavy atom. The van der Waals surface area contributed by atoms with Crippen LogP contribution in [0.25, 0.3) is 0 Å². The summed E-state index contributed by atoms with van der Waals surface area (Å²) in [5, 5.41) is 16.4. The van der Waals surface area contributed by atoms with Gasteiger partial charge in [-0.2, -0.15) is 0 Å². The van der Waals surface area contributed by atoms with Gasteiger partial charge in [0.1, 0.15) is 0 Å². The average Bonchev–Trinajstić information content (AvgIpc) is 2.32. The molecule has 1 aliphatic rings. The number of aliphatic hydroxyl groups is 1. The second-order valence-corrected chi connectivity index (χ2v) is 6.27. The van der Waals surface area contributed by atoms with Crippen LogP contribution in [0.15, 0.2) is 0 Å². The predicted octanol–water partition coefficient (Wildman–Crippen LogP) is 1.43. The number of carbonyl (C=O) groups is 1. The fourth-order valence-corrected chi connectivity index (χ4v) is 2.30. The molecule has 0 aromatic carbocycles. The standard InChI is InChI=1S/C14H28N2O2/c1-4-15-10-5-12(17)16-11-14(18)8-6-13(2,3)7-9-14/h15,18H,4-11H2,1-3H3,(H,16,17). The third-order valence-electron chi connectivity index (χ3n) is 3.93. The lowest BCUT2D eigenvalue weighted by molar-refractivity contribution is -0.123. The summed E-state index contributed by atoms with van der Waals surface area (Å²) >= 11 is 0. The average molecular weight is 256 g/mol. The lowest BCUT2D eigenvalue weighted by atomic mass is 9.71. The Kier molecular flexibility index (Phi) is 5.60. The van der Waals surface area contributed by atoms with Crippen molar-refractivity contribution in [2.24, 2.45) is 5.41 Å². The number of hydrogen-bond acceptors (Lipinski definition) is 3. The molecule has 3 N–H and O–H groups in total. The highest BCUT2D eigenvalue weighted by Crippen LogP contribution is 2.39. The number of nitrogens with one attached hydrogen (secondary N) is 2. The second kappa shape index (κ2) is 6.53. The van der Waals surface area contributed by atoms with Crippen LogP contribution in [0.4, 0.5) is 0 Å². The number of hydrogen-bond donors (Lipinski definition) is 3. The zero-order chi connectivity index (χ0) is 13.6. The van der Waals surface area contributed by atoms with Crippen LogP contribution >= 0.6 is 0 Å². The van der Waals surface area contributed by atoms with Gasteiger partial charge in [0.15, 0.2) is 0 Å². The zero-order valence-corrected chi connectivity index (χ0v) is 12.0. The lowest BCUT2D eigenvalue weighted by Gasteiger charge is -2.40. The maximum absolute atomic E-state index is 11.6. The van der Waals surface area contributed by atoms with Gasteiger partial charge >= 0.3 is 0 Å². The van der Waals surface area contributed by atoms with Crippen molar-refractivity contribution in [3.05, 3.63) is 0 Å². The van der Waals surface area contributed by atoms with Gasteiger partial charge in [-0.15, -0.1) is 0 Å². The van der Waals surface area contributed by atoms with E-state index in [-0.39, 0.29) is 5.91 Å². The van der Waals surface area contributed by atoms with Crippen molar-refractivity contribution in [3.8, 4) is 0 Å². The molecule has 0 unspecified atom stereocenters. The monoisotopic (exact) mass is 256 g/mol. The molecule has 106 valence electrons. The molecule has 0 aromatic rings. The summed E-state index contributed by atoms with van der Waals surface area (Å²) in [4.78, 5) is 11.6. The Labute approximate surface area is 111 Å². The van der Waals surface area contributed by atoms with Gasteiger partial charge in [0, 0.05) is 19.5 Å². The molecule has 0 atom stereocenters. The van der Waals surface area contributed by atoms with E-state index < -0.39 is 5.60 Å². The fraction of sp³-hybridized carbons (Fsp3) is 0.929. The van der Waals surface area contributed by atoms with E-state index in [1.54, 1.807) is 0 Å². The molecule has 1 saturated carbocycles. The maximum Gasteiger partial charge on any atom is 0.221 e. The summed E-state index contributed by atoms with van der Waals surface area (Å²) < 4.78 is 0. The van der Waals surface area contributed by atoms with Crippen molar-refractivity contribution in [2.75, 3.05) is 19.6 Å². The van der Waals surface area contributed by atoms with Gasteiger partial charge in [0.25, 0.3) is 0 Å². The van der Waals surface area contributed by atoms with Crippen molar-refractivity contribution in [1.29, 1.82) is 0 Å². The SMILES string of the molecule is CCNCCC(=O)NCC1(O)CCC(C)(C)CC1. The van der Waals surface area contributed by atoms with Gasteiger partial charge in [0.2, 0.25) is 5.91 Å². The molecule has 0 spiro atoms. The number of carbonyl (C=O) groups excluding carboxylic acids is 1. The summed E-state index contributed by atoms with van der Waals surface area (Å²) in [7, 11) is 0. The third kappa shape index (κ3) is 5.36. The molecule has 0 radical (unpaired) electrons. The van der Waals surface area contributed by atoms with E-state index in [0.29, 0.717) is 24.9 Å². The minimum Gasteiger partial charge on any atom is -0.388 e. The molecule has 0 bridgehead atoms. The highest BCUT2D eigenvalue weighted by molar-refractivity contribution is 5.76. The van der Waals surface area contributed by atoms with Crippen molar-refractivity contribution >= 4 is 5.91 Å². The summed E-state index contributed by atoms with van der Waals surface area (Å²) in [6, 6.07) is 0. The molecular formula is C14H28N2O2. The van der Waals surface area contributed by atoms with Crippen molar-refractivity contribution < 1.29 is 9.90 Å². The molecule has 4 heteroatoms. The lowest BCUT2D eigenvalue weighted by Crippen LogP contribution is -2.46. The summed E-state index contributed by atoms with van der Waals surface area (Å²) in [6.45, 7) is 8.47. The molecule has 1 amide bonds. The van der Waals surface area contributed by atoms with E-state index in [1.165, 1.54) is 0 Å². The van der Waals surface area contributed by atoms with Crippen molar-refractivity contribution in [3.63, 3.8) is 0 Å². The largest absolute Gasteiger partial charge is 0.388 e. The fourth-order valence-electron chi connectivity index (χ4n) is 2.30. The van der Waals surface area contributed by atoms with Crippen LogP contribution in [-0.4, -0.2) is 36.2 Å². The minimum atomic E-state index is -0.691. The van der Waals surface area contributed by atoms with Crippen LogP contribution in [0.1, 0.15) is 52.9 Å². The first-order valence-corrected chi connectivity index (χ1v) is 7.07. The molecule has 1 aliphatic carbocycles. The van der Waals surface area contributed by atoms with Crippen LogP contribution in [0.2, 0.25) is 0 Å². The molecule has 0 heterocycles. The van der Waals surface area contributed by atoms with Gasteiger partial charge < -0.3 is 15.7 Å². The first-order valence-electron chi connectivity index (χ1n) is 7.07. The highest BCUT2D eigenvalue weighted by Gasteiger charge is 2.36. The van der Waals surface area contributed by atoms with Gasteiger partial charge in [-0.3, -0.25) is 4.79 Å². The first-order chi connectivity index (χ1) is 8.37. The first kappa shape index (κ1) is 15.4. The Balaban J connectivity index is 2.24. The predicted molar refractivity (Wildman–Crippen MR) is 73.4 cm³/mol. The third-order valence-corrected chi connectivity index (χ3v) is 3.93. The number of rotatable bonds is 6. The van der Waals surface area contributed by atoms with E-state index in [2.05, 4.69) is 24.5 Å². The van der Waals surface area contributed by atoms with Crippen LogP contribution < -0.4 is 10.6 Å². The Morgan fingerprint density at radius 3 is 2.39 bits per heavy atom. The molecule has 0 aromatic heterocycles. The Morgan fingerprint density at radius 1 is 1.22 bits per heavy atom. The molecule has 1 fully saturated rings. The summed E-state index contributed by atoms with van der Waals surface area (Å²) in [5.41, 5.74) is -0.356.